The molecule has 1 aromatic rings. The van der Waals surface area contributed by atoms with Gasteiger partial charge in [0, 0.05) is 6.61 Å². The van der Waals surface area contributed by atoms with Gasteiger partial charge in [0.2, 0.25) is 0 Å². The standard InChI is InChI=1S/C15H20F2N2O3/c1-2-10(8-20)18-15(21)19-13-5-6-22-14(13)9-3-4-11(16)12(17)7-9/h3-4,7,10,13-14,20H,2,5-6,8H2,1H3,(H2,18,19,21). The first-order valence-corrected chi connectivity index (χ1v) is 7.29. The molecular weight excluding hydrogens is 294 g/mol. The predicted octanol–water partition coefficient (Wildman–Crippen LogP) is 1.86. The summed E-state index contributed by atoms with van der Waals surface area (Å²) >= 11 is 0. The smallest absolute Gasteiger partial charge is 0.315 e. The second kappa shape index (κ2) is 7.51. The van der Waals surface area contributed by atoms with E-state index in [2.05, 4.69) is 10.6 Å². The van der Waals surface area contributed by atoms with Crippen molar-refractivity contribution >= 4 is 6.03 Å². The number of halogens is 2. The minimum absolute atomic E-state index is 0.141. The fourth-order valence-corrected chi connectivity index (χ4v) is 2.43. The number of aliphatic hydroxyl groups is 1. The minimum atomic E-state index is -0.942. The Bertz CT molecular complexity index is 524. The summed E-state index contributed by atoms with van der Waals surface area (Å²) in [6, 6.07) is 2.51. The highest BCUT2D eigenvalue weighted by atomic mass is 19.2. The lowest BCUT2D eigenvalue weighted by molar-refractivity contribution is 0.0993. The van der Waals surface area contributed by atoms with Crippen LogP contribution in [0.4, 0.5) is 13.6 Å². The average molecular weight is 314 g/mol. The molecule has 122 valence electrons. The van der Waals surface area contributed by atoms with E-state index in [0.717, 1.165) is 12.1 Å². The Morgan fingerprint density at radius 1 is 1.45 bits per heavy atom. The average Bonchev–Trinajstić information content (AvgIpc) is 2.95. The quantitative estimate of drug-likeness (QED) is 0.777. The highest BCUT2D eigenvalue weighted by Crippen LogP contribution is 2.30. The first-order valence-electron chi connectivity index (χ1n) is 7.29. The summed E-state index contributed by atoms with van der Waals surface area (Å²) in [5, 5.41) is 14.5. The number of aliphatic hydroxyl groups excluding tert-OH is 1. The van der Waals surface area contributed by atoms with E-state index in [1.165, 1.54) is 6.07 Å². The van der Waals surface area contributed by atoms with Gasteiger partial charge in [-0.3, -0.25) is 0 Å². The molecule has 3 unspecified atom stereocenters. The summed E-state index contributed by atoms with van der Waals surface area (Å²) in [6.45, 7) is 2.13. The number of carbonyl (C=O) groups excluding carboxylic acids is 1. The lowest BCUT2D eigenvalue weighted by Crippen LogP contribution is -2.48. The number of rotatable bonds is 5. The summed E-state index contributed by atoms with van der Waals surface area (Å²) in [6.07, 6.45) is 0.667. The van der Waals surface area contributed by atoms with Crippen LogP contribution in [0.5, 0.6) is 0 Å². The zero-order valence-electron chi connectivity index (χ0n) is 12.3. The van der Waals surface area contributed by atoms with Crippen LogP contribution in [-0.2, 0) is 4.74 Å². The molecule has 1 aromatic carbocycles. The monoisotopic (exact) mass is 314 g/mol. The highest BCUT2D eigenvalue weighted by Gasteiger charge is 2.31. The van der Waals surface area contributed by atoms with Crippen LogP contribution in [0.2, 0.25) is 0 Å². The molecule has 7 heteroatoms. The van der Waals surface area contributed by atoms with Gasteiger partial charge in [-0.2, -0.15) is 0 Å². The van der Waals surface area contributed by atoms with Crippen molar-refractivity contribution in [3.05, 3.63) is 35.4 Å². The molecule has 3 atom stereocenters. The molecule has 0 spiro atoms. The van der Waals surface area contributed by atoms with Gasteiger partial charge in [0.25, 0.3) is 0 Å². The first-order chi connectivity index (χ1) is 10.5. The maximum atomic E-state index is 13.3. The van der Waals surface area contributed by atoms with Crippen LogP contribution in [0.1, 0.15) is 31.4 Å². The molecule has 2 amide bonds. The van der Waals surface area contributed by atoms with E-state index < -0.39 is 23.8 Å². The molecule has 1 aliphatic heterocycles. The molecule has 3 N–H and O–H groups in total. The molecule has 1 saturated heterocycles. The molecular formula is C15H20F2N2O3. The van der Waals surface area contributed by atoms with Gasteiger partial charge in [-0.05, 0) is 30.5 Å². The third-order valence-corrected chi connectivity index (χ3v) is 3.73. The number of carbonyl (C=O) groups is 1. The third kappa shape index (κ3) is 3.92. The summed E-state index contributed by atoms with van der Waals surface area (Å²) in [5.41, 5.74) is 0.482. The lowest BCUT2D eigenvalue weighted by atomic mass is 10.0. The van der Waals surface area contributed by atoms with Crippen LogP contribution in [0.25, 0.3) is 0 Å². The molecule has 0 bridgehead atoms. The minimum Gasteiger partial charge on any atom is -0.394 e. The van der Waals surface area contributed by atoms with Crippen LogP contribution in [0, 0.1) is 11.6 Å². The molecule has 0 saturated carbocycles. The van der Waals surface area contributed by atoms with E-state index in [4.69, 9.17) is 9.84 Å². The SMILES string of the molecule is CCC(CO)NC(=O)NC1CCOC1c1ccc(F)c(F)c1. The Kier molecular flexibility index (Phi) is 5.68. The van der Waals surface area contributed by atoms with E-state index >= 15 is 0 Å². The number of nitrogens with one attached hydrogen (secondary N) is 2. The lowest BCUT2D eigenvalue weighted by Gasteiger charge is -2.22. The summed E-state index contributed by atoms with van der Waals surface area (Å²) in [4.78, 5) is 11.9. The number of ether oxygens (including phenoxy) is 1. The number of urea groups is 1. The van der Waals surface area contributed by atoms with Crippen molar-refractivity contribution in [1.82, 2.24) is 10.6 Å². The zero-order valence-corrected chi connectivity index (χ0v) is 12.3. The number of benzene rings is 1. The van der Waals surface area contributed by atoms with Gasteiger partial charge in [-0.15, -0.1) is 0 Å². The Labute approximate surface area is 127 Å². The molecule has 22 heavy (non-hydrogen) atoms. The fraction of sp³-hybridized carbons (Fsp3) is 0.533. The Morgan fingerprint density at radius 3 is 2.86 bits per heavy atom. The van der Waals surface area contributed by atoms with Gasteiger partial charge in [-0.25, -0.2) is 13.6 Å². The number of hydrogen-bond acceptors (Lipinski definition) is 3. The third-order valence-electron chi connectivity index (χ3n) is 3.73. The van der Waals surface area contributed by atoms with Crippen molar-refractivity contribution in [2.24, 2.45) is 0 Å². The molecule has 1 aliphatic rings. The van der Waals surface area contributed by atoms with Gasteiger partial charge in [0.05, 0.1) is 18.7 Å². The molecule has 0 aromatic heterocycles. The van der Waals surface area contributed by atoms with E-state index in [1.54, 1.807) is 0 Å². The van der Waals surface area contributed by atoms with Crippen LogP contribution in [0.15, 0.2) is 18.2 Å². The molecule has 0 aliphatic carbocycles. The van der Waals surface area contributed by atoms with E-state index in [-0.39, 0.29) is 18.7 Å². The summed E-state index contributed by atoms with van der Waals surface area (Å²) < 4.78 is 31.8. The highest BCUT2D eigenvalue weighted by molar-refractivity contribution is 5.74. The van der Waals surface area contributed by atoms with Crippen molar-refractivity contribution < 1.29 is 23.4 Å². The zero-order chi connectivity index (χ0) is 16.1. The van der Waals surface area contributed by atoms with E-state index in [0.29, 0.717) is 25.0 Å². The van der Waals surface area contributed by atoms with Crippen molar-refractivity contribution in [2.45, 2.75) is 38.0 Å². The van der Waals surface area contributed by atoms with Gasteiger partial charge in [-0.1, -0.05) is 13.0 Å². The van der Waals surface area contributed by atoms with Crippen molar-refractivity contribution in [3.8, 4) is 0 Å². The summed E-state index contributed by atoms with van der Waals surface area (Å²) in [5.74, 6) is -1.86. The number of amides is 2. The van der Waals surface area contributed by atoms with Crippen LogP contribution >= 0.6 is 0 Å². The molecule has 0 radical (unpaired) electrons. The fourth-order valence-electron chi connectivity index (χ4n) is 2.43. The second-order valence-corrected chi connectivity index (χ2v) is 5.27. The topological polar surface area (TPSA) is 70.6 Å². The Balaban J connectivity index is 2.01. The Hall–Kier alpha value is -1.73. The van der Waals surface area contributed by atoms with Gasteiger partial charge in [0.1, 0.15) is 6.10 Å². The van der Waals surface area contributed by atoms with Gasteiger partial charge < -0.3 is 20.5 Å². The summed E-state index contributed by atoms with van der Waals surface area (Å²) in [7, 11) is 0. The van der Waals surface area contributed by atoms with Gasteiger partial charge in [0.15, 0.2) is 11.6 Å². The second-order valence-electron chi connectivity index (χ2n) is 5.27. The van der Waals surface area contributed by atoms with E-state index in [1.807, 2.05) is 6.92 Å². The largest absolute Gasteiger partial charge is 0.394 e. The van der Waals surface area contributed by atoms with Crippen molar-refractivity contribution in [1.29, 1.82) is 0 Å². The van der Waals surface area contributed by atoms with Crippen LogP contribution in [-0.4, -0.2) is 36.4 Å². The maximum Gasteiger partial charge on any atom is 0.315 e. The molecule has 5 nitrogen and oxygen atoms in total. The first kappa shape index (κ1) is 16.6. The van der Waals surface area contributed by atoms with E-state index in [9.17, 15) is 13.6 Å². The van der Waals surface area contributed by atoms with Crippen molar-refractivity contribution in [2.75, 3.05) is 13.2 Å². The van der Waals surface area contributed by atoms with Crippen LogP contribution < -0.4 is 10.6 Å². The van der Waals surface area contributed by atoms with Gasteiger partial charge >= 0.3 is 6.03 Å². The Morgan fingerprint density at radius 2 is 2.23 bits per heavy atom. The number of hydrogen-bond donors (Lipinski definition) is 3. The molecule has 1 heterocycles. The van der Waals surface area contributed by atoms with Crippen LogP contribution in [0.3, 0.4) is 0 Å². The normalized spacial score (nSPS) is 22.4. The molecule has 1 fully saturated rings. The maximum absolute atomic E-state index is 13.3. The molecule has 2 rings (SSSR count). The van der Waals surface area contributed by atoms with Crippen molar-refractivity contribution in [3.63, 3.8) is 0 Å². The predicted molar refractivity (Wildman–Crippen MR) is 76.3 cm³/mol.